The molecule has 0 aliphatic heterocycles. The molecule has 0 aliphatic carbocycles. The topological polar surface area (TPSA) is 42.7 Å². The highest BCUT2D eigenvalue weighted by atomic mass is 15.3. The number of hydrogen-bond acceptors (Lipinski definition) is 3. The van der Waals surface area contributed by atoms with Gasteiger partial charge in [0, 0.05) is 25.2 Å². The third kappa shape index (κ3) is 2.64. The number of nitrogens with one attached hydrogen (secondary N) is 1. The molecular weight excluding hydrogens is 212 g/mol. The smallest absolute Gasteiger partial charge is 0.157 e. The first kappa shape index (κ1) is 12.0. The van der Waals surface area contributed by atoms with E-state index in [1.807, 2.05) is 24.9 Å². The Morgan fingerprint density at radius 3 is 2.88 bits per heavy atom. The minimum atomic E-state index is 0.673. The first-order valence-electron chi connectivity index (χ1n) is 6.07. The lowest BCUT2D eigenvalue weighted by Gasteiger charge is -2.07. The number of pyridine rings is 1. The van der Waals surface area contributed by atoms with Crippen LogP contribution in [0.5, 0.6) is 0 Å². The number of aromatic nitrogens is 3. The fraction of sp³-hybridized carbons (Fsp3) is 0.538. The van der Waals surface area contributed by atoms with E-state index in [1.165, 1.54) is 5.56 Å². The van der Waals surface area contributed by atoms with Crippen LogP contribution in [0.2, 0.25) is 0 Å². The van der Waals surface area contributed by atoms with Gasteiger partial charge in [0.15, 0.2) is 5.65 Å². The summed E-state index contributed by atoms with van der Waals surface area (Å²) in [5, 5.41) is 8.95. The summed E-state index contributed by atoms with van der Waals surface area (Å²) < 4.78 is 1.83. The van der Waals surface area contributed by atoms with Crippen molar-refractivity contribution in [3.8, 4) is 0 Å². The molecule has 0 atom stereocenters. The van der Waals surface area contributed by atoms with Crippen molar-refractivity contribution in [3.05, 3.63) is 23.5 Å². The van der Waals surface area contributed by atoms with Crippen LogP contribution in [0.1, 0.15) is 25.1 Å². The zero-order valence-electron chi connectivity index (χ0n) is 11.0. The van der Waals surface area contributed by atoms with Crippen molar-refractivity contribution in [1.29, 1.82) is 0 Å². The van der Waals surface area contributed by atoms with Gasteiger partial charge >= 0.3 is 0 Å². The molecule has 0 bridgehead atoms. The first-order chi connectivity index (χ1) is 8.08. The van der Waals surface area contributed by atoms with E-state index < -0.39 is 0 Å². The van der Waals surface area contributed by atoms with Crippen LogP contribution in [-0.2, 0) is 13.6 Å². The molecule has 2 rings (SSSR count). The van der Waals surface area contributed by atoms with Crippen molar-refractivity contribution in [2.24, 2.45) is 13.0 Å². The summed E-state index contributed by atoms with van der Waals surface area (Å²) in [5.41, 5.74) is 3.21. The quantitative estimate of drug-likeness (QED) is 0.877. The zero-order valence-corrected chi connectivity index (χ0v) is 11.0. The molecule has 0 spiro atoms. The molecule has 0 saturated heterocycles. The average molecular weight is 232 g/mol. The van der Waals surface area contributed by atoms with E-state index in [1.54, 1.807) is 0 Å². The third-order valence-electron chi connectivity index (χ3n) is 2.80. The van der Waals surface area contributed by atoms with E-state index >= 15 is 0 Å². The Morgan fingerprint density at radius 1 is 1.41 bits per heavy atom. The van der Waals surface area contributed by atoms with Gasteiger partial charge in [0.2, 0.25) is 0 Å². The van der Waals surface area contributed by atoms with Crippen LogP contribution in [-0.4, -0.2) is 21.3 Å². The molecule has 0 unspecified atom stereocenters. The maximum absolute atomic E-state index is 4.46. The fourth-order valence-electron chi connectivity index (χ4n) is 1.95. The molecule has 4 nitrogen and oxygen atoms in total. The average Bonchev–Trinajstić information content (AvgIpc) is 2.54. The summed E-state index contributed by atoms with van der Waals surface area (Å²) in [6, 6.07) is 2.18. The van der Waals surface area contributed by atoms with Gasteiger partial charge in [-0.05, 0) is 31.0 Å². The van der Waals surface area contributed by atoms with Crippen LogP contribution < -0.4 is 5.32 Å². The summed E-state index contributed by atoms with van der Waals surface area (Å²) in [5.74, 6) is 0.673. The van der Waals surface area contributed by atoms with E-state index in [0.717, 1.165) is 29.8 Å². The van der Waals surface area contributed by atoms with Crippen LogP contribution in [0.4, 0.5) is 0 Å². The number of rotatable bonds is 4. The summed E-state index contributed by atoms with van der Waals surface area (Å²) >= 11 is 0. The number of fused-ring (bicyclic) bond motifs is 1. The SMILES string of the molecule is Cc1nn(C)c2ncc(CNCC(C)C)cc12. The Bertz CT molecular complexity index is 513. The van der Waals surface area contributed by atoms with Gasteiger partial charge in [0.25, 0.3) is 0 Å². The van der Waals surface area contributed by atoms with Crippen LogP contribution in [0.15, 0.2) is 12.3 Å². The predicted octanol–water partition coefficient (Wildman–Crippen LogP) is 2.02. The zero-order chi connectivity index (χ0) is 12.4. The lowest BCUT2D eigenvalue weighted by Crippen LogP contribution is -2.19. The minimum Gasteiger partial charge on any atom is -0.312 e. The van der Waals surface area contributed by atoms with Crippen LogP contribution in [0, 0.1) is 12.8 Å². The van der Waals surface area contributed by atoms with Gasteiger partial charge in [-0.1, -0.05) is 13.8 Å². The fourth-order valence-corrected chi connectivity index (χ4v) is 1.95. The van der Waals surface area contributed by atoms with E-state index in [2.05, 4.69) is 35.3 Å². The highest BCUT2D eigenvalue weighted by molar-refractivity contribution is 5.78. The number of nitrogens with zero attached hydrogens (tertiary/aromatic N) is 3. The Labute approximate surface area is 102 Å². The van der Waals surface area contributed by atoms with Gasteiger partial charge in [-0.15, -0.1) is 0 Å². The highest BCUT2D eigenvalue weighted by Gasteiger charge is 2.06. The molecule has 2 heterocycles. The van der Waals surface area contributed by atoms with Crippen molar-refractivity contribution in [1.82, 2.24) is 20.1 Å². The predicted molar refractivity (Wildman–Crippen MR) is 69.8 cm³/mol. The molecule has 0 aromatic carbocycles. The lowest BCUT2D eigenvalue weighted by atomic mass is 10.2. The van der Waals surface area contributed by atoms with E-state index in [0.29, 0.717) is 5.92 Å². The molecule has 92 valence electrons. The van der Waals surface area contributed by atoms with Gasteiger partial charge in [-0.3, -0.25) is 4.68 Å². The Kier molecular flexibility index (Phi) is 3.43. The molecule has 0 amide bonds. The Morgan fingerprint density at radius 2 is 2.18 bits per heavy atom. The van der Waals surface area contributed by atoms with Gasteiger partial charge in [0.1, 0.15) is 0 Å². The molecule has 17 heavy (non-hydrogen) atoms. The molecule has 0 fully saturated rings. The van der Waals surface area contributed by atoms with Crippen LogP contribution >= 0.6 is 0 Å². The van der Waals surface area contributed by atoms with Crippen molar-refractivity contribution in [2.75, 3.05) is 6.54 Å². The van der Waals surface area contributed by atoms with Crippen molar-refractivity contribution >= 4 is 11.0 Å². The second kappa shape index (κ2) is 4.84. The van der Waals surface area contributed by atoms with Gasteiger partial charge in [0.05, 0.1) is 5.69 Å². The lowest BCUT2D eigenvalue weighted by molar-refractivity contribution is 0.552. The molecule has 2 aromatic rings. The molecule has 4 heteroatoms. The second-order valence-corrected chi connectivity index (χ2v) is 4.95. The van der Waals surface area contributed by atoms with Gasteiger partial charge in [-0.25, -0.2) is 4.98 Å². The molecular formula is C13H20N4. The van der Waals surface area contributed by atoms with E-state index in [9.17, 15) is 0 Å². The molecule has 0 radical (unpaired) electrons. The van der Waals surface area contributed by atoms with E-state index in [-0.39, 0.29) is 0 Å². The maximum Gasteiger partial charge on any atom is 0.157 e. The molecule has 2 aromatic heterocycles. The second-order valence-electron chi connectivity index (χ2n) is 4.95. The summed E-state index contributed by atoms with van der Waals surface area (Å²) in [6.07, 6.45) is 1.93. The summed E-state index contributed by atoms with van der Waals surface area (Å²) in [6.45, 7) is 8.34. The van der Waals surface area contributed by atoms with Crippen molar-refractivity contribution in [2.45, 2.75) is 27.3 Å². The number of hydrogen-bond donors (Lipinski definition) is 1. The summed E-state index contributed by atoms with van der Waals surface area (Å²) in [7, 11) is 1.93. The molecule has 0 saturated carbocycles. The van der Waals surface area contributed by atoms with E-state index in [4.69, 9.17) is 0 Å². The minimum absolute atomic E-state index is 0.673. The van der Waals surface area contributed by atoms with Gasteiger partial charge in [-0.2, -0.15) is 5.10 Å². The Balaban J connectivity index is 2.17. The van der Waals surface area contributed by atoms with Gasteiger partial charge < -0.3 is 5.32 Å². The normalized spacial score (nSPS) is 11.6. The highest BCUT2D eigenvalue weighted by Crippen LogP contribution is 2.16. The van der Waals surface area contributed by atoms with Crippen LogP contribution in [0.3, 0.4) is 0 Å². The molecule has 0 aliphatic rings. The van der Waals surface area contributed by atoms with Crippen molar-refractivity contribution in [3.63, 3.8) is 0 Å². The molecule has 1 N–H and O–H groups in total. The standard InChI is InChI=1S/C13H20N4/c1-9(2)6-14-7-11-5-12-10(3)16-17(4)13(12)15-8-11/h5,8-9,14H,6-7H2,1-4H3. The number of aryl methyl sites for hydroxylation is 2. The van der Waals surface area contributed by atoms with Crippen LogP contribution in [0.25, 0.3) is 11.0 Å². The largest absolute Gasteiger partial charge is 0.312 e. The Hall–Kier alpha value is -1.42. The monoisotopic (exact) mass is 232 g/mol. The summed E-state index contributed by atoms with van der Waals surface area (Å²) in [4.78, 5) is 4.46. The first-order valence-corrected chi connectivity index (χ1v) is 6.07. The maximum atomic E-state index is 4.46. The third-order valence-corrected chi connectivity index (χ3v) is 2.80. The van der Waals surface area contributed by atoms with Crippen molar-refractivity contribution < 1.29 is 0 Å².